The molecule has 4 aromatic rings. The lowest BCUT2D eigenvalue weighted by atomic mass is 9.99. The Hall–Kier alpha value is -3.42. The zero-order chi connectivity index (χ0) is 23.0. The van der Waals surface area contributed by atoms with Gasteiger partial charge >= 0.3 is 5.97 Å². The van der Waals surface area contributed by atoms with Gasteiger partial charge in [-0.3, -0.25) is 5.32 Å². The Balaban J connectivity index is 1.62. The van der Waals surface area contributed by atoms with E-state index in [0.29, 0.717) is 24.2 Å². The summed E-state index contributed by atoms with van der Waals surface area (Å²) in [4.78, 5) is 13.4. The SMILES string of the molecule is Cc1ccc(S(=O)(=O)n2c3c(c4ccccc42)CCNC3C(=O)OCc2ccccc2)cc1. The first-order chi connectivity index (χ1) is 16.0. The van der Waals surface area contributed by atoms with Crippen LogP contribution in [-0.4, -0.2) is 24.9 Å². The molecule has 0 amide bonds. The van der Waals surface area contributed by atoms with Crippen molar-refractivity contribution in [1.82, 2.24) is 9.29 Å². The third-order valence-electron chi connectivity index (χ3n) is 5.99. The van der Waals surface area contributed by atoms with Gasteiger partial charge < -0.3 is 4.74 Å². The van der Waals surface area contributed by atoms with E-state index in [9.17, 15) is 13.2 Å². The van der Waals surface area contributed by atoms with E-state index in [2.05, 4.69) is 5.32 Å². The van der Waals surface area contributed by atoms with Gasteiger partial charge in [-0.15, -0.1) is 0 Å². The molecule has 0 aliphatic carbocycles. The van der Waals surface area contributed by atoms with Crippen LogP contribution in [0.1, 0.15) is 28.4 Å². The molecule has 168 valence electrons. The van der Waals surface area contributed by atoms with E-state index < -0.39 is 22.0 Å². The Bertz CT molecular complexity index is 1420. The number of hydrogen-bond acceptors (Lipinski definition) is 5. The zero-order valence-corrected chi connectivity index (χ0v) is 19.0. The van der Waals surface area contributed by atoms with Crippen LogP contribution >= 0.6 is 0 Å². The molecular formula is C26H24N2O4S. The molecule has 6 nitrogen and oxygen atoms in total. The number of hydrogen-bond donors (Lipinski definition) is 1. The van der Waals surface area contributed by atoms with E-state index in [0.717, 1.165) is 22.1 Å². The third kappa shape index (κ3) is 3.83. The second-order valence-electron chi connectivity index (χ2n) is 8.19. The maximum absolute atomic E-state index is 13.8. The molecule has 1 aliphatic heterocycles. The van der Waals surface area contributed by atoms with Crippen LogP contribution in [0.4, 0.5) is 0 Å². The van der Waals surface area contributed by atoms with E-state index in [1.807, 2.05) is 55.5 Å². The number of benzene rings is 3. The largest absolute Gasteiger partial charge is 0.459 e. The normalized spacial score (nSPS) is 15.8. The van der Waals surface area contributed by atoms with Crippen LogP contribution in [0.2, 0.25) is 0 Å². The van der Waals surface area contributed by atoms with Crippen molar-refractivity contribution < 1.29 is 17.9 Å². The lowest BCUT2D eigenvalue weighted by Gasteiger charge is -2.25. The smallest absolute Gasteiger partial charge is 0.329 e. The van der Waals surface area contributed by atoms with Crippen LogP contribution < -0.4 is 5.32 Å². The molecule has 5 rings (SSSR count). The number of nitrogens with one attached hydrogen (secondary N) is 1. The number of nitrogens with zero attached hydrogens (tertiary/aromatic N) is 1. The van der Waals surface area contributed by atoms with E-state index in [-0.39, 0.29) is 11.5 Å². The van der Waals surface area contributed by atoms with Gasteiger partial charge in [0.1, 0.15) is 12.6 Å². The summed E-state index contributed by atoms with van der Waals surface area (Å²) in [6.07, 6.45) is 0.620. The van der Waals surface area contributed by atoms with Gasteiger partial charge in [0.25, 0.3) is 10.0 Å². The number of fused-ring (bicyclic) bond motifs is 3. The zero-order valence-electron chi connectivity index (χ0n) is 18.2. The van der Waals surface area contributed by atoms with Crippen LogP contribution in [0.3, 0.4) is 0 Å². The summed E-state index contributed by atoms with van der Waals surface area (Å²) >= 11 is 0. The van der Waals surface area contributed by atoms with E-state index in [1.165, 1.54) is 3.97 Å². The van der Waals surface area contributed by atoms with Gasteiger partial charge in [-0.1, -0.05) is 66.2 Å². The molecule has 2 heterocycles. The van der Waals surface area contributed by atoms with Crippen molar-refractivity contribution >= 4 is 26.9 Å². The minimum absolute atomic E-state index is 0.123. The van der Waals surface area contributed by atoms with Gasteiger partial charge in [0.15, 0.2) is 0 Å². The fraction of sp³-hybridized carbons (Fsp3) is 0.192. The Morgan fingerprint density at radius 2 is 1.70 bits per heavy atom. The summed E-state index contributed by atoms with van der Waals surface area (Å²) in [7, 11) is -3.95. The van der Waals surface area contributed by atoms with Crippen molar-refractivity contribution in [3.63, 3.8) is 0 Å². The van der Waals surface area contributed by atoms with Gasteiger partial charge in [-0.2, -0.15) is 0 Å². The number of aryl methyl sites for hydroxylation is 1. The highest BCUT2D eigenvalue weighted by molar-refractivity contribution is 7.90. The van der Waals surface area contributed by atoms with Gasteiger partial charge in [0.05, 0.1) is 16.1 Å². The molecule has 0 spiro atoms. The minimum Gasteiger partial charge on any atom is -0.459 e. The lowest BCUT2D eigenvalue weighted by Crippen LogP contribution is -2.38. The summed E-state index contributed by atoms with van der Waals surface area (Å²) in [5.41, 5.74) is 3.70. The highest BCUT2D eigenvalue weighted by atomic mass is 32.2. The fourth-order valence-electron chi connectivity index (χ4n) is 4.37. The van der Waals surface area contributed by atoms with Crippen LogP contribution in [0.25, 0.3) is 10.9 Å². The molecule has 1 N–H and O–H groups in total. The quantitative estimate of drug-likeness (QED) is 0.454. The van der Waals surface area contributed by atoms with E-state index in [1.54, 1.807) is 30.3 Å². The number of aromatic nitrogens is 1. The summed E-state index contributed by atoms with van der Waals surface area (Å²) in [5.74, 6) is -0.497. The maximum Gasteiger partial charge on any atom is 0.329 e. The second kappa shape index (κ2) is 8.50. The molecule has 0 saturated carbocycles. The predicted molar refractivity (Wildman–Crippen MR) is 126 cm³/mol. The standard InChI is InChI=1S/C26H24N2O4S/c1-18-11-13-20(14-12-18)33(30,31)28-23-10-6-5-9-21(23)22-15-16-27-24(25(22)28)26(29)32-17-19-7-3-2-4-8-19/h2-14,24,27H,15-17H2,1H3. The highest BCUT2D eigenvalue weighted by Gasteiger charge is 2.37. The maximum atomic E-state index is 13.8. The number of esters is 1. The number of rotatable bonds is 5. The average molecular weight is 461 g/mol. The number of carbonyl (C=O) groups is 1. The molecule has 3 aromatic carbocycles. The molecule has 0 fully saturated rings. The molecule has 7 heteroatoms. The van der Waals surface area contributed by atoms with Crippen LogP contribution in [0, 0.1) is 6.92 Å². The summed E-state index contributed by atoms with van der Waals surface area (Å²) in [6, 6.07) is 22.7. The van der Waals surface area contributed by atoms with Crippen molar-refractivity contribution in [3.8, 4) is 0 Å². The van der Waals surface area contributed by atoms with Crippen LogP contribution in [0.15, 0.2) is 83.8 Å². The molecule has 1 atom stereocenters. The molecule has 0 saturated heterocycles. The van der Waals surface area contributed by atoms with Crippen LogP contribution in [0.5, 0.6) is 0 Å². The Morgan fingerprint density at radius 3 is 2.45 bits per heavy atom. The first-order valence-corrected chi connectivity index (χ1v) is 12.3. The fourth-order valence-corrected chi connectivity index (χ4v) is 5.95. The number of para-hydroxylation sites is 1. The molecule has 1 aliphatic rings. The predicted octanol–water partition coefficient (Wildman–Crippen LogP) is 4.12. The summed E-state index contributed by atoms with van der Waals surface area (Å²) in [6.45, 7) is 2.58. The van der Waals surface area contributed by atoms with Gasteiger partial charge in [0.2, 0.25) is 0 Å². The van der Waals surface area contributed by atoms with Crippen molar-refractivity contribution in [2.45, 2.75) is 30.9 Å². The Kier molecular flexibility index (Phi) is 5.52. The first-order valence-electron chi connectivity index (χ1n) is 10.9. The van der Waals surface area contributed by atoms with Crippen molar-refractivity contribution in [1.29, 1.82) is 0 Å². The molecule has 1 unspecified atom stereocenters. The Labute approximate surface area is 192 Å². The van der Waals surface area contributed by atoms with Crippen molar-refractivity contribution in [2.24, 2.45) is 0 Å². The molecule has 1 aromatic heterocycles. The minimum atomic E-state index is -3.95. The first kappa shape index (κ1) is 21.4. The molecule has 0 bridgehead atoms. The number of carbonyl (C=O) groups excluding carboxylic acids is 1. The molecule has 33 heavy (non-hydrogen) atoms. The number of ether oxygens (including phenoxy) is 1. The van der Waals surface area contributed by atoms with Gasteiger partial charge in [-0.25, -0.2) is 17.2 Å². The summed E-state index contributed by atoms with van der Waals surface area (Å²) in [5, 5.41) is 4.02. The van der Waals surface area contributed by atoms with Gasteiger partial charge in [0, 0.05) is 11.9 Å². The van der Waals surface area contributed by atoms with Crippen LogP contribution in [-0.2, 0) is 32.6 Å². The Morgan fingerprint density at radius 1 is 1.00 bits per heavy atom. The monoisotopic (exact) mass is 460 g/mol. The lowest BCUT2D eigenvalue weighted by molar-refractivity contribution is -0.148. The molecule has 0 radical (unpaired) electrons. The molecular weight excluding hydrogens is 436 g/mol. The van der Waals surface area contributed by atoms with E-state index >= 15 is 0 Å². The highest BCUT2D eigenvalue weighted by Crippen LogP contribution is 2.36. The average Bonchev–Trinajstić information content (AvgIpc) is 3.19. The topological polar surface area (TPSA) is 77.4 Å². The third-order valence-corrected chi connectivity index (χ3v) is 7.73. The van der Waals surface area contributed by atoms with Gasteiger partial charge in [-0.05, 0) is 42.7 Å². The van der Waals surface area contributed by atoms with Crippen molar-refractivity contribution in [2.75, 3.05) is 6.54 Å². The van der Waals surface area contributed by atoms with Crippen molar-refractivity contribution in [3.05, 3.63) is 101 Å². The second-order valence-corrected chi connectivity index (χ2v) is 9.98. The summed E-state index contributed by atoms with van der Waals surface area (Å²) < 4.78 is 34.6. The van der Waals surface area contributed by atoms with E-state index in [4.69, 9.17) is 4.74 Å².